The Hall–Kier alpha value is -2.77. The fraction of sp³-hybridized carbons (Fsp3) is 0.526. The van der Waals surface area contributed by atoms with Gasteiger partial charge < -0.3 is 24.3 Å². The fourth-order valence-electron chi connectivity index (χ4n) is 3.30. The molecule has 1 aromatic carbocycles. The third-order valence-electron chi connectivity index (χ3n) is 4.76. The first-order valence-corrected chi connectivity index (χ1v) is 9.33. The van der Waals surface area contributed by atoms with Crippen molar-refractivity contribution in [3.05, 3.63) is 35.4 Å². The molecule has 0 unspecified atom stereocenters. The Morgan fingerprint density at radius 2 is 1.93 bits per heavy atom. The van der Waals surface area contributed by atoms with Crippen LogP contribution in [0.15, 0.2) is 23.5 Å². The topological polar surface area (TPSA) is 76.8 Å². The summed E-state index contributed by atoms with van der Waals surface area (Å²) >= 11 is 0. The number of nitrogens with one attached hydrogen (secondary N) is 1. The van der Waals surface area contributed by atoms with Crippen molar-refractivity contribution in [3.8, 4) is 11.5 Å². The van der Waals surface area contributed by atoms with Gasteiger partial charge in [-0.05, 0) is 43.5 Å². The van der Waals surface area contributed by atoms with Crippen LogP contribution in [-0.4, -0.2) is 52.9 Å². The van der Waals surface area contributed by atoms with E-state index in [1.807, 2.05) is 4.57 Å². The summed E-state index contributed by atoms with van der Waals surface area (Å²) in [6.07, 6.45) is 2.68. The standard InChI is InChI=1S/C19H28N6O2/c1-5-20-19(21-11-18-23-22-13-24(18)6-2)25-8-7-14-9-16(26-3)17(27-4)10-15(14)12-25/h9-10,13H,5-8,11-12H2,1-4H3,(H,20,21). The van der Waals surface area contributed by atoms with Gasteiger partial charge in [-0.3, -0.25) is 0 Å². The fourth-order valence-corrected chi connectivity index (χ4v) is 3.30. The zero-order valence-corrected chi connectivity index (χ0v) is 16.5. The van der Waals surface area contributed by atoms with Gasteiger partial charge in [0.1, 0.15) is 12.9 Å². The molecule has 0 bridgehead atoms. The molecular weight excluding hydrogens is 344 g/mol. The lowest BCUT2D eigenvalue weighted by Gasteiger charge is -2.32. The second kappa shape index (κ2) is 8.75. The summed E-state index contributed by atoms with van der Waals surface area (Å²) in [6, 6.07) is 4.15. The number of fused-ring (bicyclic) bond motifs is 1. The quantitative estimate of drug-likeness (QED) is 0.616. The van der Waals surface area contributed by atoms with Gasteiger partial charge in [0, 0.05) is 26.2 Å². The maximum atomic E-state index is 5.46. The number of ether oxygens (including phenoxy) is 2. The molecule has 0 atom stereocenters. The Labute approximate surface area is 160 Å². The molecule has 2 heterocycles. The first-order valence-electron chi connectivity index (χ1n) is 9.33. The van der Waals surface area contributed by atoms with E-state index in [-0.39, 0.29) is 0 Å². The van der Waals surface area contributed by atoms with Gasteiger partial charge >= 0.3 is 0 Å². The summed E-state index contributed by atoms with van der Waals surface area (Å²) in [4.78, 5) is 7.06. The summed E-state index contributed by atoms with van der Waals surface area (Å²) < 4.78 is 12.9. The number of aliphatic imine (C=N–C) groups is 1. The second-order valence-corrected chi connectivity index (χ2v) is 6.35. The molecule has 0 aliphatic carbocycles. The Morgan fingerprint density at radius 1 is 1.19 bits per heavy atom. The number of benzene rings is 1. The van der Waals surface area contributed by atoms with Crippen molar-refractivity contribution < 1.29 is 9.47 Å². The number of rotatable bonds is 6. The van der Waals surface area contributed by atoms with Gasteiger partial charge in [-0.15, -0.1) is 10.2 Å². The second-order valence-electron chi connectivity index (χ2n) is 6.35. The molecule has 8 nitrogen and oxygen atoms in total. The normalized spacial score (nSPS) is 14.1. The number of aromatic nitrogens is 3. The molecule has 27 heavy (non-hydrogen) atoms. The lowest BCUT2D eigenvalue weighted by Crippen LogP contribution is -2.44. The summed E-state index contributed by atoms with van der Waals surface area (Å²) in [5.74, 6) is 3.31. The summed E-state index contributed by atoms with van der Waals surface area (Å²) in [5.41, 5.74) is 2.53. The van der Waals surface area contributed by atoms with E-state index < -0.39 is 0 Å². The average molecular weight is 372 g/mol. The molecule has 0 fully saturated rings. The lowest BCUT2D eigenvalue weighted by atomic mass is 9.99. The van der Waals surface area contributed by atoms with Crippen LogP contribution in [0, 0.1) is 0 Å². The van der Waals surface area contributed by atoms with Crippen molar-refractivity contribution in [2.45, 2.75) is 39.9 Å². The maximum Gasteiger partial charge on any atom is 0.194 e. The lowest BCUT2D eigenvalue weighted by molar-refractivity contribution is 0.346. The van der Waals surface area contributed by atoms with Crippen molar-refractivity contribution in [1.82, 2.24) is 25.0 Å². The molecule has 0 spiro atoms. The summed E-state index contributed by atoms with van der Waals surface area (Å²) in [7, 11) is 3.34. The van der Waals surface area contributed by atoms with Gasteiger partial charge in [0.05, 0.1) is 14.2 Å². The van der Waals surface area contributed by atoms with Crippen LogP contribution in [0.25, 0.3) is 0 Å². The van der Waals surface area contributed by atoms with Gasteiger partial charge in [0.25, 0.3) is 0 Å². The highest BCUT2D eigenvalue weighted by molar-refractivity contribution is 5.80. The number of hydrogen-bond acceptors (Lipinski definition) is 5. The Kier molecular flexibility index (Phi) is 6.16. The Morgan fingerprint density at radius 3 is 2.59 bits per heavy atom. The number of hydrogen-bond donors (Lipinski definition) is 1. The van der Waals surface area contributed by atoms with E-state index in [2.05, 4.69) is 46.4 Å². The maximum absolute atomic E-state index is 5.46. The van der Waals surface area contributed by atoms with Gasteiger partial charge in [-0.1, -0.05) is 0 Å². The molecule has 3 rings (SSSR count). The van der Waals surface area contributed by atoms with Crippen LogP contribution < -0.4 is 14.8 Å². The van der Waals surface area contributed by atoms with Crippen LogP contribution in [-0.2, 0) is 26.1 Å². The zero-order chi connectivity index (χ0) is 19.2. The molecule has 0 saturated heterocycles. The molecule has 1 aliphatic rings. The molecular formula is C19H28N6O2. The molecule has 8 heteroatoms. The summed E-state index contributed by atoms with van der Waals surface area (Å²) in [6.45, 7) is 7.99. The van der Waals surface area contributed by atoms with Crippen molar-refractivity contribution in [1.29, 1.82) is 0 Å². The highest BCUT2D eigenvalue weighted by atomic mass is 16.5. The SMILES string of the molecule is CCNC(=NCc1nncn1CC)N1CCc2cc(OC)c(OC)cc2C1. The minimum Gasteiger partial charge on any atom is -0.493 e. The molecule has 2 aromatic rings. The Bertz CT molecular complexity index is 801. The van der Waals surface area contributed by atoms with Gasteiger partial charge in [-0.25, -0.2) is 4.99 Å². The molecule has 0 amide bonds. The number of methoxy groups -OCH3 is 2. The van der Waals surface area contributed by atoms with E-state index in [9.17, 15) is 0 Å². The highest BCUT2D eigenvalue weighted by Gasteiger charge is 2.21. The van der Waals surface area contributed by atoms with E-state index in [0.717, 1.165) is 55.9 Å². The first-order chi connectivity index (χ1) is 13.2. The van der Waals surface area contributed by atoms with Crippen molar-refractivity contribution in [3.63, 3.8) is 0 Å². The Balaban J connectivity index is 1.80. The number of aryl methyl sites for hydroxylation is 1. The average Bonchev–Trinajstić information content (AvgIpc) is 3.17. The van der Waals surface area contributed by atoms with Crippen molar-refractivity contribution >= 4 is 5.96 Å². The minimum atomic E-state index is 0.505. The number of guanidine groups is 1. The summed E-state index contributed by atoms with van der Waals surface area (Å²) in [5, 5.41) is 11.5. The van der Waals surface area contributed by atoms with Crippen LogP contribution in [0.2, 0.25) is 0 Å². The molecule has 146 valence electrons. The third-order valence-corrected chi connectivity index (χ3v) is 4.76. The first kappa shape index (κ1) is 19.0. The van der Waals surface area contributed by atoms with Crippen LogP contribution >= 0.6 is 0 Å². The predicted octanol–water partition coefficient (Wildman–Crippen LogP) is 1.84. The molecule has 1 aromatic heterocycles. The smallest absolute Gasteiger partial charge is 0.194 e. The van der Waals surface area contributed by atoms with E-state index >= 15 is 0 Å². The van der Waals surface area contributed by atoms with Crippen molar-refractivity contribution in [2.75, 3.05) is 27.3 Å². The van der Waals surface area contributed by atoms with E-state index in [0.29, 0.717) is 6.54 Å². The highest BCUT2D eigenvalue weighted by Crippen LogP contribution is 2.33. The van der Waals surface area contributed by atoms with Crippen LogP contribution in [0.4, 0.5) is 0 Å². The van der Waals surface area contributed by atoms with E-state index in [1.54, 1.807) is 20.5 Å². The van der Waals surface area contributed by atoms with Crippen LogP contribution in [0.5, 0.6) is 11.5 Å². The van der Waals surface area contributed by atoms with Gasteiger partial charge in [0.2, 0.25) is 0 Å². The molecule has 0 saturated carbocycles. The zero-order valence-electron chi connectivity index (χ0n) is 16.5. The van der Waals surface area contributed by atoms with Gasteiger partial charge in [-0.2, -0.15) is 0 Å². The van der Waals surface area contributed by atoms with Crippen LogP contribution in [0.3, 0.4) is 0 Å². The van der Waals surface area contributed by atoms with E-state index in [1.165, 1.54) is 11.1 Å². The molecule has 1 aliphatic heterocycles. The minimum absolute atomic E-state index is 0.505. The third kappa shape index (κ3) is 4.15. The largest absolute Gasteiger partial charge is 0.493 e. The molecule has 1 N–H and O–H groups in total. The predicted molar refractivity (Wildman–Crippen MR) is 104 cm³/mol. The molecule has 0 radical (unpaired) electrons. The van der Waals surface area contributed by atoms with Gasteiger partial charge in [0.15, 0.2) is 23.3 Å². The van der Waals surface area contributed by atoms with Crippen LogP contribution in [0.1, 0.15) is 30.8 Å². The monoisotopic (exact) mass is 372 g/mol. The van der Waals surface area contributed by atoms with Crippen molar-refractivity contribution in [2.24, 2.45) is 4.99 Å². The van der Waals surface area contributed by atoms with E-state index in [4.69, 9.17) is 14.5 Å². The number of nitrogens with zero attached hydrogens (tertiary/aromatic N) is 5.